The molecule has 1 saturated carbocycles. The van der Waals surface area contributed by atoms with Crippen LogP contribution in [0, 0.1) is 6.92 Å². The van der Waals surface area contributed by atoms with Gasteiger partial charge in [0.05, 0.1) is 19.0 Å². The van der Waals surface area contributed by atoms with Gasteiger partial charge < -0.3 is 15.0 Å². The molecular weight excluding hydrogens is 342 g/mol. The SMILES string of the molecule is Cc1ccc(OCCN(C)C(=O)CC2C(=O)NCCN2C2CCCC2)cc1. The molecule has 1 aromatic carbocycles. The van der Waals surface area contributed by atoms with E-state index in [1.165, 1.54) is 18.4 Å². The van der Waals surface area contributed by atoms with Crippen LogP contribution in [-0.4, -0.2) is 67.0 Å². The first-order valence-electron chi connectivity index (χ1n) is 10.0. The van der Waals surface area contributed by atoms with Gasteiger partial charge in [-0.2, -0.15) is 0 Å². The summed E-state index contributed by atoms with van der Waals surface area (Å²) in [7, 11) is 1.78. The number of carbonyl (C=O) groups is 2. The van der Waals surface area contributed by atoms with Gasteiger partial charge in [0.15, 0.2) is 0 Å². The van der Waals surface area contributed by atoms with E-state index >= 15 is 0 Å². The van der Waals surface area contributed by atoms with Crippen LogP contribution in [0.3, 0.4) is 0 Å². The van der Waals surface area contributed by atoms with Crippen LogP contribution in [-0.2, 0) is 9.59 Å². The van der Waals surface area contributed by atoms with Crippen LogP contribution in [0.2, 0.25) is 0 Å². The van der Waals surface area contributed by atoms with Gasteiger partial charge in [-0.1, -0.05) is 30.5 Å². The van der Waals surface area contributed by atoms with E-state index in [1.54, 1.807) is 11.9 Å². The number of benzene rings is 1. The van der Waals surface area contributed by atoms with Gasteiger partial charge in [-0.05, 0) is 31.9 Å². The fourth-order valence-electron chi connectivity index (χ4n) is 4.00. The number of hydrogen-bond acceptors (Lipinski definition) is 4. The van der Waals surface area contributed by atoms with Gasteiger partial charge in [-0.3, -0.25) is 14.5 Å². The molecule has 1 aliphatic heterocycles. The van der Waals surface area contributed by atoms with Crippen molar-refractivity contribution in [3.05, 3.63) is 29.8 Å². The number of piperazine rings is 1. The lowest BCUT2D eigenvalue weighted by Gasteiger charge is -2.39. The van der Waals surface area contributed by atoms with Crippen molar-refractivity contribution in [3.8, 4) is 5.75 Å². The molecule has 6 heteroatoms. The summed E-state index contributed by atoms with van der Waals surface area (Å²) in [5.41, 5.74) is 1.19. The number of ether oxygens (including phenoxy) is 1. The average Bonchev–Trinajstić information content (AvgIpc) is 3.19. The third-order valence-corrected chi connectivity index (χ3v) is 5.68. The summed E-state index contributed by atoms with van der Waals surface area (Å²) in [5, 5.41) is 2.92. The van der Waals surface area contributed by atoms with E-state index in [0.29, 0.717) is 25.7 Å². The van der Waals surface area contributed by atoms with E-state index < -0.39 is 0 Å². The van der Waals surface area contributed by atoms with Gasteiger partial charge in [-0.25, -0.2) is 0 Å². The highest BCUT2D eigenvalue weighted by Gasteiger charge is 2.37. The maximum atomic E-state index is 12.7. The van der Waals surface area contributed by atoms with Crippen molar-refractivity contribution in [3.63, 3.8) is 0 Å². The Morgan fingerprint density at radius 3 is 2.67 bits per heavy atom. The molecule has 0 spiro atoms. The summed E-state index contributed by atoms with van der Waals surface area (Å²) < 4.78 is 5.71. The van der Waals surface area contributed by atoms with Gasteiger partial charge in [0.25, 0.3) is 0 Å². The Morgan fingerprint density at radius 2 is 1.96 bits per heavy atom. The average molecular weight is 373 g/mol. The summed E-state index contributed by atoms with van der Waals surface area (Å²) in [5.74, 6) is 0.791. The highest BCUT2D eigenvalue weighted by atomic mass is 16.5. The van der Waals surface area contributed by atoms with E-state index in [-0.39, 0.29) is 24.3 Å². The number of hydrogen-bond donors (Lipinski definition) is 1. The minimum absolute atomic E-state index is 0.00690. The molecule has 3 rings (SSSR count). The van der Waals surface area contributed by atoms with Crippen molar-refractivity contribution >= 4 is 11.8 Å². The normalized spacial score (nSPS) is 21.1. The Balaban J connectivity index is 1.49. The Hall–Kier alpha value is -2.08. The zero-order valence-electron chi connectivity index (χ0n) is 16.4. The highest BCUT2D eigenvalue weighted by molar-refractivity contribution is 5.88. The molecule has 1 saturated heterocycles. The fraction of sp³-hybridized carbons (Fsp3) is 0.619. The van der Waals surface area contributed by atoms with E-state index in [1.807, 2.05) is 31.2 Å². The van der Waals surface area contributed by atoms with Crippen LogP contribution in [0.15, 0.2) is 24.3 Å². The van der Waals surface area contributed by atoms with Gasteiger partial charge in [0, 0.05) is 26.2 Å². The minimum atomic E-state index is -0.338. The molecule has 0 aromatic heterocycles. The second kappa shape index (κ2) is 9.22. The third-order valence-electron chi connectivity index (χ3n) is 5.68. The Labute approximate surface area is 161 Å². The molecular formula is C21H31N3O3. The first-order chi connectivity index (χ1) is 13.0. The summed E-state index contributed by atoms with van der Waals surface area (Å²) >= 11 is 0. The standard InChI is InChI=1S/C21H31N3O3/c1-16-7-9-18(10-8-16)27-14-13-23(2)20(25)15-19-21(26)22-11-12-24(19)17-5-3-4-6-17/h7-10,17,19H,3-6,11-15H2,1-2H3,(H,22,26). The van der Waals surface area contributed by atoms with Crippen molar-refractivity contribution < 1.29 is 14.3 Å². The molecule has 0 radical (unpaired) electrons. The summed E-state index contributed by atoms with van der Waals surface area (Å²) in [6, 6.07) is 7.98. The molecule has 2 fully saturated rings. The maximum Gasteiger partial charge on any atom is 0.237 e. The molecule has 2 amide bonds. The quantitative estimate of drug-likeness (QED) is 0.794. The third kappa shape index (κ3) is 5.22. The second-order valence-electron chi connectivity index (χ2n) is 7.66. The van der Waals surface area contributed by atoms with Crippen LogP contribution in [0.5, 0.6) is 5.75 Å². The van der Waals surface area contributed by atoms with Crippen molar-refractivity contribution in [2.75, 3.05) is 33.3 Å². The van der Waals surface area contributed by atoms with Gasteiger partial charge in [-0.15, -0.1) is 0 Å². The van der Waals surface area contributed by atoms with Gasteiger partial charge in [0.1, 0.15) is 12.4 Å². The van der Waals surface area contributed by atoms with Gasteiger partial charge in [0.2, 0.25) is 11.8 Å². The second-order valence-corrected chi connectivity index (χ2v) is 7.66. The number of amides is 2. The van der Waals surface area contributed by atoms with Crippen LogP contribution in [0.25, 0.3) is 0 Å². The van der Waals surface area contributed by atoms with Crippen LogP contribution in [0.4, 0.5) is 0 Å². The molecule has 1 aliphatic carbocycles. The van der Waals surface area contributed by atoms with Crippen LogP contribution in [0.1, 0.15) is 37.7 Å². The predicted octanol–water partition coefficient (Wildman–Crippen LogP) is 1.97. The number of aryl methyl sites for hydroxylation is 1. The first kappa shape index (κ1) is 19.7. The zero-order chi connectivity index (χ0) is 19.2. The number of rotatable bonds is 7. The van der Waals surface area contributed by atoms with Crippen LogP contribution >= 0.6 is 0 Å². The number of carbonyl (C=O) groups excluding carboxylic acids is 2. The lowest BCUT2D eigenvalue weighted by Crippen LogP contribution is -2.59. The summed E-state index contributed by atoms with van der Waals surface area (Å²) in [6.07, 6.45) is 4.96. The fourth-order valence-corrected chi connectivity index (χ4v) is 4.00. The first-order valence-corrected chi connectivity index (χ1v) is 10.0. The molecule has 1 aromatic rings. The minimum Gasteiger partial charge on any atom is -0.492 e. The zero-order valence-corrected chi connectivity index (χ0v) is 16.4. The van der Waals surface area contributed by atoms with Gasteiger partial charge >= 0.3 is 0 Å². The molecule has 1 heterocycles. The van der Waals surface area contributed by atoms with Crippen molar-refractivity contribution in [1.29, 1.82) is 0 Å². The van der Waals surface area contributed by atoms with E-state index in [9.17, 15) is 9.59 Å². The molecule has 0 bridgehead atoms. The smallest absolute Gasteiger partial charge is 0.237 e. The Morgan fingerprint density at radius 1 is 1.26 bits per heavy atom. The number of likely N-dealkylation sites (N-methyl/N-ethyl adjacent to an activating group) is 1. The Kier molecular flexibility index (Phi) is 6.72. The van der Waals surface area contributed by atoms with E-state index in [2.05, 4.69) is 10.2 Å². The molecule has 1 N–H and O–H groups in total. The molecule has 148 valence electrons. The van der Waals surface area contributed by atoms with E-state index in [0.717, 1.165) is 25.1 Å². The molecule has 2 aliphatic rings. The summed E-state index contributed by atoms with van der Waals surface area (Å²) in [4.78, 5) is 29.0. The number of nitrogens with one attached hydrogen (secondary N) is 1. The molecule has 6 nitrogen and oxygen atoms in total. The van der Waals surface area contributed by atoms with Crippen molar-refractivity contribution in [2.24, 2.45) is 0 Å². The predicted molar refractivity (Wildman–Crippen MR) is 105 cm³/mol. The lowest BCUT2D eigenvalue weighted by atomic mass is 10.0. The largest absolute Gasteiger partial charge is 0.492 e. The van der Waals surface area contributed by atoms with Crippen molar-refractivity contribution in [2.45, 2.75) is 51.1 Å². The molecule has 1 atom stereocenters. The maximum absolute atomic E-state index is 12.7. The highest BCUT2D eigenvalue weighted by Crippen LogP contribution is 2.27. The molecule has 27 heavy (non-hydrogen) atoms. The van der Waals surface area contributed by atoms with E-state index in [4.69, 9.17) is 4.74 Å². The lowest BCUT2D eigenvalue weighted by molar-refractivity contribution is -0.139. The van der Waals surface area contributed by atoms with Crippen LogP contribution < -0.4 is 10.1 Å². The Bertz CT molecular complexity index is 641. The van der Waals surface area contributed by atoms with Crippen molar-refractivity contribution in [1.82, 2.24) is 15.1 Å². The molecule has 1 unspecified atom stereocenters. The number of nitrogens with zero attached hydrogens (tertiary/aromatic N) is 2. The summed E-state index contributed by atoms with van der Waals surface area (Å²) in [6.45, 7) is 4.50. The monoisotopic (exact) mass is 373 g/mol. The topological polar surface area (TPSA) is 61.9 Å².